The quantitative estimate of drug-likeness (QED) is 0.908. The number of nitriles is 1. The SMILES string of the molecule is CC(=O)N(CCC(=O)Nc1ccc(C#N)cc1)c1ccc(C)c(C)c1. The maximum atomic E-state index is 12.1. The van der Waals surface area contributed by atoms with Crippen LogP contribution in [0.15, 0.2) is 42.5 Å². The van der Waals surface area contributed by atoms with Crippen LogP contribution in [-0.2, 0) is 9.59 Å². The first-order valence-corrected chi connectivity index (χ1v) is 8.06. The van der Waals surface area contributed by atoms with Crippen LogP contribution in [0.2, 0.25) is 0 Å². The molecule has 0 heterocycles. The molecule has 0 radical (unpaired) electrons. The molecule has 2 aromatic carbocycles. The molecule has 0 atom stereocenters. The number of benzene rings is 2. The molecule has 128 valence electrons. The van der Waals surface area contributed by atoms with Crippen LogP contribution < -0.4 is 10.2 Å². The van der Waals surface area contributed by atoms with Crippen LogP contribution in [0.1, 0.15) is 30.0 Å². The van der Waals surface area contributed by atoms with Crippen LogP contribution in [0, 0.1) is 25.2 Å². The van der Waals surface area contributed by atoms with Crippen molar-refractivity contribution in [3.63, 3.8) is 0 Å². The molecule has 25 heavy (non-hydrogen) atoms. The van der Waals surface area contributed by atoms with E-state index in [1.807, 2.05) is 38.1 Å². The molecule has 0 spiro atoms. The van der Waals surface area contributed by atoms with E-state index in [1.54, 1.807) is 29.2 Å². The summed E-state index contributed by atoms with van der Waals surface area (Å²) in [6.45, 7) is 5.81. The Labute approximate surface area is 147 Å². The van der Waals surface area contributed by atoms with Gasteiger partial charge in [0.15, 0.2) is 0 Å². The Balaban J connectivity index is 2.00. The third-order valence-electron chi connectivity index (χ3n) is 4.04. The van der Waals surface area contributed by atoms with Crippen molar-refractivity contribution in [2.24, 2.45) is 0 Å². The van der Waals surface area contributed by atoms with Gasteiger partial charge < -0.3 is 10.2 Å². The summed E-state index contributed by atoms with van der Waals surface area (Å²) >= 11 is 0. The Bertz CT molecular complexity index is 820. The van der Waals surface area contributed by atoms with Gasteiger partial charge in [-0.05, 0) is 61.4 Å². The highest BCUT2D eigenvalue weighted by molar-refractivity contribution is 5.94. The van der Waals surface area contributed by atoms with Crippen LogP contribution in [0.5, 0.6) is 0 Å². The highest BCUT2D eigenvalue weighted by atomic mass is 16.2. The lowest BCUT2D eigenvalue weighted by Crippen LogP contribution is -2.32. The summed E-state index contributed by atoms with van der Waals surface area (Å²) in [7, 11) is 0. The molecule has 0 aliphatic heterocycles. The van der Waals surface area contributed by atoms with Gasteiger partial charge in [0.05, 0.1) is 11.6 Å². The summed E-state index contributed by atoms with van der Waals surface area (Å²) in [5.41, 5.74) is 4.22. The second-order valence-corrected chi connectivity index (χ2v) is 5.93. The minimum atomic E-state index is -0.181. The number of aryl methyl sites for hydroxylation is 2. The average molecular weight is 335 g/mol. The van der Waals surface area contributed by atoms with Gasteiger partial charge >= 0.3 is 0 Å². The summed E-state index contributed by atoms with van der Waals surface area (Å²) < 4.78 is 0. The standard InChI is InChI=1S/C20H21N3O2/c1-14-4-9-19(12-15(14)2)23(16(3)24)11-10-20(25)22-18-7-5-17(13-21)6-8-18/h4-9,12H,10-11H2,1-3H3,(H,22,25). The molecule has 2 aromatic rings. The molecule has 0 bridgehead atoms. The number of hydrogen-bond acceptors (Lipinski definition) is 3. The molecule has 2 amide bonds. The zero-order valence-corrected chi connectivity index (χ0v) is 14.7. The Hall–Kier alpha value is -3.13. The molecule has 0 aliphatic carbocycles. The fourth-order valence-electron chi connectivity index (χ4n) is 2.43. The predicted octanol–water partition coefficient (Wildman–Crippen LogP) is 3.56. The summed E-state index contributed by atoms with van der Waals surface area (Å²) in [6, 6.07) is 14.5. The van der Waals surface area contributed by atoms with Gasteiger partial charge in [-0.3, -0.25) is 9.59 Å². The number of carbonyl (C=O) groups is 2. The van der Waals surface area contributed by atoms with E-state index in [9.17, 15) is 9.59 Å². The smallest absolute Gasteiger partial charge is 0.226 e. The molecule has 0 unspecified atom stereocenters. The van der Waals surface area contributed by atoms with Gasteiger partial charge in [-0.15, -0.1) is 0 Å². The highest BCUT2D eigenvalue weighted by Crippen LogP contribution is 2.19. The van der Waals surface area contributed by atoms with Crippen LogP contribution in [0.3, 0.4) is 0 Å². The first kappa shape index (κ1) is 18.2. The van der Waals surface area contributed by atoms with Gasteiger partial charge in [0.2, 0.25) is 11.8 Å². The second kappa shape index (κ2) is 8.11. The van der Waals surface area contributed by atoms with Crippen molar-refractivity contribution in [2.75, 3.05) is 16.8 Å². The van der Waals surface area contributed by atoms with Crippen molar-refractivity contribution in [3.05, 3.63) is 59.2 Å². The molecule has 0 aliphatic rings. The van der Waals surface area contributed by atoms with E-state index >= 15 is 0 Å². The molecule has 1 N–H and O–H groups in total. The number of amides is 2. The second-order valence-electron chi connectivity index (χ2n) is 5.93. The van der Waals surface area contributed by atoms with Crippen molar-refractivity contribution >= 4 is 23.2 Å². The number of carbonyl (C=O) groups excluding carboxylic acids is 2. The molecular formula is C20H21N3O2. The number of anilines is 2. The van der Waals surface area contributed by atoms with Gasteiger partial charge in [0, 0.05) is 31.3 Å². The summed E-state index contributed by atoms with van der Waals surface area (Å²) in [4.78, 5) is 25.7. The van der Waals surface area contributed by atoms with Gasteiger partial charge in [-0.25, -0.2) is 0 Å². The summed E-state index contributed by atoms with van der Waals surface area (Å²) in [5.74, 6) is -0.283. The lowest BCUT2D eigenvalue weighted by molar-refractivity contribution is -0.117. The third kappa shape index (κ3) is 4.92. The lowest BCUT2D eigenvalue weighted by Gasteiger charge is -2.22. The fraction of sp³-hybridized carbons (Fsp3) is 0.250. The predicted molar refractivity (Wildman–Crippen MR) is 98.3 cm³/mol. The summed E-state index contributed by atoms with van der Waals surface area (Å²) in [5, 5.41) is 11.6. The largest absolute Gasteiger partial charge is 0.326 e. The van der Waals surface area contributed by atoms with E-state index < -0.39 is 0 Å². The molecular weight excluding hydrogens is 314 g/mol. The Morgan fingerprint density at radius 1 is 1.08 bits per heavy atom. The van der Waals surface area contributed by atoms with E-state index in [1.165, 1.54) is 6.92 Å². The zero-order chi connectivity index (χ0) is 18.4. The van der Waals surface area contributed by atoms with Crippen LogP contribution >= 0.6 is 0 Å². The van der Waals surface area contributed by atoms with Crippen LogP contribution in [-0.4, -0.2) is 18.4 Å². The van der Waals surface area contributed by atoms with E-state index in [0.717, 1.165) is 16.8 Å². The van der Waals surface area contributed by atoms with Crippen molar-refractivity contribution in [1.29, 1.82) is 5.26 Å². The molecule has 0 fully saturated rings. The third-order valence-corrected chi connectivity index (χ3v) is 4.04. The first-order valence-electron chi connectivity index (χ1n) is 8.06. The molecule has 0 saturated heterocycles. The molecule has 2 rings (SSSR count). The minimum absolute atomic E-state index is 0.102. The van der Waals surface area contributed by atoms with Crippen LogP contribution in [0.25, 0.3) is 0 Å². The number of nitrogens with zero attached hydrogens (tertiary/aromatic N) is 2. The average Bonchev–Trinajstić information content (AvgIpc) is 2.58. The van der Waals surface area contributed by atoms with Crippen molar-refractivity contribution in [3.8, 4) is 6.07 Å². The lowest BCUT2D eigenvalue weighted by atomic mass is 10.1. The van der Waals surface area contributed by atoms with Crippen molar-refractivity contribution in [1.82, 2.24) is 0 Å². The monoisotopic (exact) mass is 335 g/mol. The highest BCUT2D eigenvalue weighted by Gasteiger charge is 2.14. The van der Waals surface area contributed by atoms with Crippen molar-refractivity contribution in [2.45, 2.75) is 27.2 Å². The normalized spacial score (nSPS) is 10.0. The minimum Gasteiger partial charge on any atom is -0.326 e. The summed E-state index contributed by atoms with van der Waals surface area (Å²) in [6.07, 6.45) is 0.187. The maximum absolute atomic E-state index is 12.1. The van der Waals surface area contributed by atoms with Gasteiger partial charge in [-0.2, -0.15) is 5.26 Å². The number of rotatable bonds is 5. The molecule has 5 nitrogen and oxygen atoms in total. The number of hydrogen-bond donors (Lipinski definition) is 1. The van der Waals surface area contributed by atoms with E-state index in [2.05, 4.69) is 5.32 Å². The molecule has 5 heteroatoms. The Morgan fingerprint density at radius 3 is 2.32 bits per heavy atom. The van der Waals surface area contributed by atoms with Crippen LogP contribution in [0.4, 0.5) is 11.4 Å². The Morgan fingerprint density at radius 2 is 1.76 bits per heavy atom. The van der Waals surface area contributed by atoms with E-state index in [-0.39, 0.29) is 18.2 Å². The first-order chi connectivity index (χ1) is 11.9. The molecule has 0 saturated carbocycles. The zero-order valence-electron chi connectivity index (χ0n) is 14.7. The van der Waals surface area contributed by atoms with Gasteiger partial charge in [0.25, 0.3) is 0 Å². The number of nitrogens with one attached hydrogen (secondary N) is 1. The van der Waals surface area contributed by atoms with E-state index in [0.29, 0.717) is 17.8 Å². The maximum Gasteiger partial charge on any atom is 0.226 e. The topological polar surface area (TPSA) is 73.2 Å². The van der Waals surface area contributed by atoms with Crippen molar-refractivity contribution < 1.29 is 9.59 Å². The molecule has 0 aromatic heterocycles. The fourth-order valence-corrected chi connectivity index (χ4v) is 2.43. The van der Waals surface area contributed by atoms with Gasteiger partial charge in [0.1, 0.15) is 0 Å². The Kier molecular flexibility index (Phi) is 5.91. The van der Waals surface area contributed by atoms with Gasteiger partial charge in [-0.1, -0.05) is 6.07 Å². The van der Waals surface area contributed by atoms with E-state index in [4.69, 9.17) is 5.26 Å².